The van der Waals surface area contributed by atoms with E-state index in [1.54, 1.807) is 12.4 Å². The van der Waals surface area contributed by atoms with E-state index >= 15 is 0 Å². The first-order valence-corrected chi connectivity index (χ1v) is 7.82. The number of hydrogen-bond acceptors (Lipinski definition) is 5. The molecule has 5 nitrogen and oxygen atoms in total. The Kier molecular flexibility index (Phi) is 6.05. The first kappa shape index (κ1) is 15.0. The Morgan fingerprint density at radius 3 is 2.70 bits per heavy atom. The summed E-state index contributed by atoms with van der Waals surface area (Å²) < 4.78 is 0. The number of piperidine rings is 1. The second-order valence-electron chi connectivity index (χ2n) is 5.62. The topological polar surface area (TPSA) is 53.1 Å². The number of nitrogens with one attached hydrogen (secondary N) is 2. The molecule has 1 aromatic heterocycles. The molecule has 2 N–H and O–H groups in total. The monoisotopic (exact) mass is 277 g/mol. The number of rotatable bonds is 7. The van der Waals surface area contributed by atoms with E-state index in [0.717, 1.165) is 31.1 Å². The third-order valence-corrected chi connectivity index (χ3v) is 3.57. The molecule has 0 saturated carbocycles. The Labute approximate surface area is 122 Å². The molecule has 0 bridgehead atoms. The van der Waals surface area contributed by atoms with Crippen LogP contribution in [0.3, 0.4) is 0 Å². The number of aromatic nitrogens is 2. The van der Waals surface area contributed by atoms with Crippen LogP contribution in [0.5, 0.6) is 0 Å². The van der Waals surface area contributed by atoms with Gasteiger partial charge in [0.25, 0.3) is 0 Å². The van der Waals surface area contributed by atoms with Crippen molar-refractivity contribution in [2.45, 2.75) is 45.6 Å². The summed E-state index contributed by atoms with van der Waals surface area (Å²) in [5, 5.41) is 6.72. The fourth-order valence-corrected chi connectivity index (χ4v) is 2.60. The quantitative estimate of drug-likeness (QED) is 0.802. The van der Waals surface area contributed by atoms with Gasteiger partial charge >= 0.3 is 0 Å². The molecular formula is C15H27N5. The lowest BCUT2D eigenvalue weighted by Crippen LogP contribution is -2.38. The van der Waals surface area contributed by atoms with Crippen LogP contribution in [0, 0.1) is 0 Å². The van der Waals surface area contributed by atoms with E-state index in [1.807, 2.05) is 0 Å². The van der Waals surface area contributed by atoms with Gasteiger partial charge in [-0.1, -0.05) is 13.3 Å². The summed E-state index contributed by atoms with van der Waals surface area (Å²) in [5.74, 6) is 1.71. The van der Waals surface area contributed by atoms with Gasteiger partial charge in [0.2, 0.25) is 0 Å². The SMILES string of the molecule is CCCNc1cncc(NC(C)CN2CCCCC2)n1. The van der Waals surface area contributed by atoms with E-state index in [2.05, 4.69) is 39.3 Å². The smallest absolute Gasteiger partial charge is 0.147 e. The van der Waals surface area contributed by atoms with Gasteiger partial charge in [-0.05, 0) is 39.3 Å². The fourth-order valence-electron chi connectivity index (χ4n) is 2.60. The van der Waals surface area contributed by atoms with Gasteiger partial charge in [0.15, 0.2) is 0 Å². The van der Waals surface area contributed by atoms with Gasteiger partial charge in [0, 0.05) is 19.1 Å². The molecule has 0 aromatic carbocycles. The lowest BCUT2D eigenvalue weighted by Gasteiger charge is -2.29. The molecule has 0 amide bonds. The first-order chi connectivity index (χ1) is 9.78. The highest BCUT2D eigenvalue weighted by atomic mass is 15.2. The van der Waals surface area contributed by atoms with E-state index in [-0.39, 0.29) is 0 Å². The van der Waals surface area contributed by atoms with Crippen molar-refractivity contribution in [3.05, 3.63) is 12.4 Å². The van der Waals surface area contributed by atoms with Gasteiger partial charge < -0.3 is 15.5 Å². The van der Waals surface area contributed by atoms with E-state index in [1.165, 1.54) is 32.4 Å². The van der Waals surface area contributed by atoms with Crippen molar-refractivity contribution in [1.29, 1.82) is 0 Å². The van der Waals surface area contributed by atoms with Crippen LogP contribution in [0.15, 0.2) is 12.4 Å². The van der Waals surface area contributed by atoms with Crippen LogP contribution in [-0.2, 0) is 0 Å². The molecule has 112 valence electrons. The number of likely N-dealkylation sites (tertiary alicyclic amines) is 1. The molecule has 1 saturated heterocycles. The number of nitrogens with zero attached hydrogens (tertiary/aromatic N) is 3. The molecule has 1 unspecified atom stereocenters. The average Bonchev–Trinajstić information content (AvgIpc) is 2.46. The predicted molar refractivity (Wildman–Crippen MR) is 84.2 cm³/mol. The summed E-state index contributed by atoms with van der Waals surface area (Å²) in [6.45, 7) is 8.83. The highest BCUT2D eigenvalue weighted by Crippen LogP contribution is 2.11. The Hall–Kier alpha value is -1.36. The Balaban J connectivity index is 1.81. The summed E-state index contributed by atoms with van der Waals surface area (Å²) in [4.78, 5) is 11.3. The van der Waals surface area contributed by atoms with Crippen molar-refractivity contribution in [3.8, 4) is 0 Å². The van der Waals surface area contributed by atoms with Crippen molar-refractivity contribution >= 4 is 11.6 Å². The van der Waals surface area contributed by atoms with Crippen molar-refractivity contribution in [3.63, 3.8) is 0 Å². The van der Waals surface area contributed by atoms with Gasteiger partial charge in [-0.15, -0.1) is 0 Å². The van der Waals surface area contributed by atoms with E-state index in [4.69, 9.17) is 0 Å². The molecule has 2 rings (SSSR count). The fraction of sp³-hybridized carbons (Fsp3) is 0.733. The van der Waals surface area contributed by atoms with Crippen molar-refractivity contribution in [1.82, 2.24) is 14.9 Å². The van der Waals surface area contributed by atoms with E-state index in [0.29, 0.717) is 6.04 Å². The third-order valence-electron chi connectivity index (χ3n) is 3.57. The highest BCUT2D eigenvalue weighted by Gasteiger charge is 2.13. The molecule has 1 aromatic rings. The van der Waals surface area contributed by atoms with Gasteiger partial charge in [-0.25, -0.2) is 4.98 Å². The lowest BCUT2D eigenvalue weighted by atomic mass is 10.1. The van der Waals surface area contributed by atoms with Crippen LogP contribution in [0.1, 0.15) is 39.5 Å². The molecule has 0 radical (unpaired) electrons. The Morgan fingerprint density at radius 1 is 1.20 bits per heavy atom. The van der Waals surface area contributed by atoms with Crippen molar-refractivity contribution in [2.75, 3.05) is 36.8 Å². The minimum Gasteiger partial charge on any atom is -0.369 e. The second-order valence-corrected chi connectivity index (χ2v) is 5.62. The predicted octanol–water partition coefficient (Wildman–Crippen LogP) is 2.58. The van der Waals surface area contributed by atoms with Crippen molar-refractivity contribution in [2.24, 2.45) is 0 Å². The van der Waals surface area contributed by atoms with Crippen LogP contribution in [0.25, 0.3) is 0 Å². The van der Waals surface area contributed by atoms with Crippen LogP contribution in [0.2, 0.25) is 0 Å². The molecule has 0 aliphatic carbocycles. The molecule has 1 fully saturated rings. The maximum atomic E-state index is 4.54. The zero-order valence-electron chi connectivity index (χ0n) is 12.7. The Morgan fingerprint density at radius 2 is 1.95 bits per heavy atom. The van der Waals surface area contributed by atoms with E-state index < -0.39 is 0 Å². The molecule has 0 spiro atoms. The maximum absolute atomic E-state index is 4.54. The standard InChI is InChI=1S/C15H27N5/c1-3-7-17-14-10-16-11-15(19-14)18-13(2)12-20-8-5-4-6-9-20/h10-11,13H,3-9,12H2,1-2H3,(H2,17,18,19). The zero-order valence-corrected chi connectivity index (χ0v) is 12.7. The summed E-state index contributed by atoms with van der Waals surface area (Å²) in [6, 6.07) is 0.392. The first-order valence-electron chi connectivity index (χ1n) is 7.82. The second kappa shape index (κ2) is 8.04. The van der Waals surface area contributed by atoms with Crippen LogP contribution < -0.4 is 10.6 Å². The maximum Gasteiger partial charge on any atom is 0.147 e. The Bertz CT molecular complexity index is 390. The summed E-state index contributed by atoms with van der Waals surface area (Å²) >= 11 is 0. The van der Waals surface area contributed by atoms with Gasteiger partial charge in [-0.2, -0.15) is 0 Å². The molecule has 1 aliphatic rings. The van der Waals surface area contributed by atoms with Gasteiger partial charge in [0.1, 0.15) is 11.6 Å². The van der Waals surface area contributed by atoms with Crippen LogP contribution in [0.4, 0.5) is 11.6 Å². The normalized spacial score (nSPS) is 17.7. The molecule has 2 heterocycles. The summed E-state index contributed by atoms with van der Waals surface area (Å²) in [6.07, 6.45) is 8.71. The average molecular weight is 277 g/mol. The molecule has 1 aliphatic heterocycles. The summed E-state index contributed by atoms with van der Waals surface area (Å²) in [5.41, 5.74) is 0. The van der Waals surface area contributed by atoms with Gasteiger partial charge in [0.05, 0.1) is 12.4 Å². The van der Waals surface area contributed by atoms with Crippen LogP contribution in [-0.4, -0.2) is 47.1 Å². The summed E-state index contributed by atoms with van der Waals surface area (Å²) in [7, 11) is 0. The van der Waals surface area contributed by atoms with Gasteiger partial charge in [-0.3, -0.25) is 4.98 Å². The van der Waals surface area contributed by atoms with Crippen LogP contribution >= 0.6 is 0 Å². The molecular weight excluding hydrogens is 250 g/mol. The third kappa shape index (κ3) is 4.96. The minimum atomic E-state index is 0.392. The molecule has 5 heteroatoms. The molecule has 20 heavy (non-hydrogen) atoms. The van der Waals surface area contributed by atoms with Crippen molar-refractivity contribution < 1.29 is 0 Å². The zero-order chi connectivity index (χ0) is 14.2. The van der Waals surface area contributed by atoms with E-state index in [9.17, 15) is 0 Å². The number of anilines is 2. The minimum absolute atomic E-state index is 0.392. The highest BCUT2D eigenvalue weighted by molar-refractivity contribution is 5.42. The largest absolute Gasteiger partial charge is 0.369 e. The lowest BCUT2D eigenvalue weighted by molar-refractivity contribution is 0.223. The molecule has 1 atom stereocenters. The number of hydrogen-bond donors (Lipinski definition) is 2.